The summed E-state index contributed by atoms with van der Waals surface area (Å²) in [7, 11) is 0. The standard InChI is InChI=1S/2C55H37N3/c1-4-15-38(16-5-1)39-29-31-40(32-30-39)48-35-49(44-23-12-25-46(33-44)52-28-14-22-41-17-10-11-27-51(41)52)37-50(36-48)45-24-13-26-47(34-45)55-57-53(42-18-6-2-7-19-42)56-54(58-55)43-20-8-3-9-21-43;1-4-15-38(16-5-1)44-23-12-24-45(33-44)49-35-48(39-29-31-41(32-30-39)52-28-14-22-40-17-10-11-27-51(40)52)36-50(37-49)46-25-13-26-47(34-46)55-57-53(42-18-6-2-7-19-42)56-54(58-55)43-20-8-3-9-21-43/h2*1-37H. The average molecular weight is 1480 g/mol. The molecule has 6 nitrogen and oxygen atoms in total. The zero-order chi connectivity index (χ0) is 77.4. The maximum atomic E-state index is 5.04. The molecule has 2 heterocycles. The van der Waals surface area contributed by atoms with Crippen molar-refractivity contribution in [3.8, 4) is 180 Å². The van der Waals surface area contributed by atoms with Gasteiger partial charge in [0.25, 0.3) is 0 Å². The van der Waals surface area contributed by atoms with Crippen LogP contribution in [0.15, 0.2) is 449 Å². The molecule has 116 heavy (non-hydrogen) atoms. The van der Waals surface area contributed by atoms with Gasteiger partial charge < -0.3 is 0 Å². The molecule has 0 spiro atoms. The summed E-state index contributed by atoms with van der Waals surface area (Å²) in [6.45, 7) is 0. The second-order valence-corrected chi connectivity index (χ2v) is 28.9. The van der Waals surface area contributed by atoms with Gasteiger partial charge in [-0.3, -0.25) is 0 Å². The summed E-state index contributed by atoms with van der Waals surface area (Å²) < 4.78 is 0. The highest BCUT2D eigenvalue weighted by atomic mass is 15.0. The Morgan fingerprint density at radius 3 is 0.629 bits per heavy atom. The Hall–Kier alpha value is -15.5. The molecule has 0 unspecified atom stereocenters. The maximum Gasteiger partial charge on any atom is 0.164 e. The van der Waals surface area contributed by atoms with Gasteiger partial charge in [-0.15, -0.1) is 0 Å². The Labute approximate surface area is 675 Å². The number of benzene rings is 18. The molecule has 18 aromatic carbocycles. The normalized spacial score (nSPS) is 11.1. The molecule has 0 bridgehead atoms. The van der Waals surface area contributed by atoms with Crippen LogP contribution in [0.4, 0.5) is 0 Å². The van der Waals surface area contributed by atoms with E-state index in [-0.39, 0.29) is 0 Å². The van der Waals surface area contributed by atoms with E-state index in [0.29, 0.717) is 34.9 Å². The summed E-state index contributed by atoms with van der Waals surface area (Å²) >= 11 is 0. The molecule has 20 aromatic rings. The van der Waals surface area contributed by atoms with Gasteiger partial charge >= 0.3 is 0 Å². The van der Waals surface area contributed by atoms with E-state index in [1.54, 1.807) is 0 Å². The quantitative estimate of drug-likeness (QED) is 0.0959. The van der Waals surface area contributed by atoms with E-state index in [1.807, 2.05) is 121 Å². The summed E-state index contributed by atoms with van der Waals surface area (Å²) in [6.07, 6.45) is 0. The van der Waals surface area contributed by atoms with Gasteiger partial charge in [0.2, 0.25) is 0 Å². The van der Waals surface area contributed by atoms with Crippen molar-refractivity contribution in [1.82, 2.24) is 29.9 Å². The molecule has 0 radical (unpaired) electrons. The van der Waals surface area contributed by atoms with Crippen LogP contribution in [0.2, 0.25) is 0 Å². The third-order valence-electron chi connectivity index (χ3n) is 21.4. The Bertz CT molecular complexity index is 6770. The molecular formula is C110H74N6. The highest BCUT2D eigenvalue weighted by Crippen LogP contribution is 2.41. The average Bonchev–Trinajstić information content (AvgIpc) is 0.780. The summed E-state index contributed by atoms with van der Waals surface area (Å²) in [5.41, 5.74) is 28.8. The molecule has 0 atom stereocenters. The molecule has 544 valence electrons. The van der Waals surface area contributed by atoms with E-state index in [0.717, 1.165) is 100 Å². The Morgan fingerprint density at radius 1 is 0.103 bits per heavy atom. The van der Waals surface area contributed by atoms with Gasteiger partial charge in [0.1, 0.15) is 0 Å². The minimum atomic E-state index is 0.630. The largest absolute Gasteiger partial charge is 0.208 e. The van der Waals surface area contributed by atoms with Crippen LogP contribution in [0.25, 0.3) is 201 Å². The summed E-state index contributed by atoms with van der Waals surface area (Å²) in [4.78, 5) is 30.0. The highest BCUT2D eigenvalue weighted by molar-refractivity contribution is 5.99. The first-order chi connectivity index (χ1) is 57.4. The molecule has 0 aliphatic rings. The molecule has 6 heteroatoms. The number of fused-ring (bicyclic) bond motifs is 2. The maximum absolute atomic E-state index is 5.04. The third-order valence-corrected chi connectivity index (χ3v) is 21.4. The summed E-state index contributed by atoms with van der Waals surface area (Å²) in [6, 6.07) is 158. The number of hydrogen-bond acceptors (Lipinski definition) is 6. The zero-order valence-corrected chi connectivity index (χ0v) is 63.4. The number of rotatable bonds is 16. The van der Waals surface area contributed by atoms with Crippen LogP contribution in [0.3, 0.4) is 0 Å². The minimum Gasteiger partial charge on any atom is -0.208 e. The monoisotopic (exact) mass is 1480 g/mol. The minimum absolute atomic E-state index is 0.630. The van der Waals surface area contributed by atoms with Crippen LogP contribution in [-0.2, 0) is 0 Å². The second-order valence-electron chi connectivity index (χ2n) is 28.9. The first-order valence-electron chi connectivity index (χ1n) is 39.2. The van der Waals surface area contributed by atoms with Gasteiger partial charge in [0.05, 0.1) is 0 Å². The second kappa shape index (κ2) is 32.4. The molecule has 0 aliphatic heterocycles. The van der Waals surface area contributed by atoms with Crippen molar-refractivity contribution in [1.29, 1.82) is 0 Å². The fraction of sp³-hybridized carbons (Fsp3) is 0. The highest BCUT2D eigenvalue weighted by Gasteiger charge is 2.19. The summed E-state index contributed by atoms with van der Waals surface area (Å²) in [5, 5.41) is 4.98. The van der Waals surface area contributed by atoms with Crippen LogP contribution in [-0.4, -0.2) is 29.9 Å². The van der Waals surface area contributed by atoms with E-state index in [4.69, 9.17) is 29.9 Å². The van der Waals surface area contributed by atoms with E-state index in [9.17, 15) is 0 Å². The molecule has 2 aromatic heterocycles. The lowest BCUT2D eigenvalue weighted by molar-refractivity contribution is 1.07. The molecule has 0 N–H and O–H groups in total. The Kier molecular flexibility index (Phi) is 19.8. The lowest BCUT2D eigenvalue weighted by Gasteiger charge is -2.14. The molecule has 0 fully saturated rings. The number of hydrogen-bond donors (Lipinski definition) is 0. The zero-order valence-electron chi connectivity index (χ0n) is 63.4. The fourth-order valence-corrected chi connectivity index (χ4v) is 15.5. The topological polar surface area (TPSA) is 77.3 Å². The molecule has 0 amide bonds. The van der Waals surface area contributed by atoms with Crippen molar-refractivity contribution in [2.24, 2.45) is 0 Å². The van der Waals surface area contributed by atoms with E-state index in [1.165, 1.54) is 66.1 Å². The smallest absolute Gasteiger partial charge is 0.164 e. The van der Waals surface area contributed by atoms with Crippen molar-refractivity contribution < 1.29 is 0 Å². The van der Waals surface area contributed by atoms with Crippen molar-refractivity contribution in [2.45, 2.75) is 0 Å². The van der Waals surface area contributed by atoms with Gasteiger partial charge in [-0.05, 0) is 193 Å². The molecule has 0 saturated heterocycles. The van der Waals surface area contributed by atoms with Gasteiger partial charge in [0.15, 0.2) is 34.9 Å². The van der Waals surface area contributed by atoms with Gasteiger partial charge in [-0.2, -0.15) is 0 Å². The van der Waals surface area contributed by atoms with Crippen LogP contribution in [0.5, 0.6) is 0 Å². The molecule has 20 rings (SSSR count). The van der Waals surface area contributed by atoms with Crippen molar-refractivity contribution in [3.63, 3.8) is 0 Å². The third kappa shape index (κ3) is 15.4. The number of nitrogens with zero attached hydrogens (tertiary/aromatic N) is 6. The van der Waals surface area contributed by atoms with Gasteiger partial charge in [-0.1, -0.05) is 388 Å². The molecular weight excluding hydrogens is 1410 g/mol. The van der Waals surface area contributed by atoms with Crippen LogP contribution in [0.1, 0.15) is 0 Å². The van der Waals surface area contributed by atoms with E-state index < -0.39 is 0 Å². The van der Waals surface area contributed by atoms with Crippen molar-refractivity contribution in [2.75, 3.05) is 0 Å². The summed E-state index contributed by atoms with van der Waals surface area (Å²) in [5.74, 6) is 3.83. The van der Waals surface area contributed by atoms with Gasteiger partial charge in [-0.25, -0.2) is 29.9 Å². The fourth-order valence-electron chi connectivity index (χ4n) is 15.5. The SMILES string of the molecule is c1ccc(-c2ccc(-c3cc(-c4cccc(-c5nc(-c6ccccc6)nc(-c6ccccc6)n5)c4)cc(-c4cccc(-c5cccc6ccccc56)c4)c3)cc2)cc1.c1ccc(-c2cccc(-c3cc(-c4ccc(-c5cccc6ccccc56)cc4)cc(-c4cccc(-c5nc(-c6ccccc6)nc(-c6ccccc6)n5)c4)c3)c2)cc1. The lowest BCUT2D eigenvalue weighted by atomic mass is 9.90. The van der Waals surface area contributed by atoms with Crippen molar-refractivity contribution >= 4 is 21.5 Å². The van der Waals surface area contributed by atoms with Crippen LogP contribution < -0.4 is 0 Å². The van der Waals surface area contributed by atoms with Crippen LogP contribution >= 0.6 is 0 Å². The molecule has 0 aliphatic carbocycles. The van der Waals surface area contributed by atoms with Crippen molar-refractivity contribution in [3.05, 3.63) is 449 Å². The first kappa shape index (κ1) is 70.9. The van der Waals surface area contributed by atoms with E-state index >= 15 is 0 Å². The lowest BCUT2D eigenvalue weighted by Crippen LogP contribution is -2.00. The van der Waals surface area contributed by atoms with Crippen LogP contribution in [0, 0.1) is 0 Å². The predicted octanol–water partition coefficient (Wildman–Crippen LogP) is 28.7. The Balaban J connectivity index is 0.000000155. The first-order valence-corrected chi connectivity index (χ1v) is 39.2. The van der Waals surface area contributed by atoms with Gasteiger partial charge in [0, 0.05) is 33.4 Å². The molecule has 0 saturated carbocycles. The number of aromatic nitrogens is 6. The Morgan fingerprint density at radius 2 is 0.284 bits per heavy atom. The van der Waals surface area contributed by atoms with E-state index in [2.05, 4.69) is 328 Å². The predicted molar refractivity (Wildman–Crippen MR) is 482 cm³/mol.